The summed E-state index contributed by atoms with van der Waals surface area (Å²) < 4.78 is 46.7. The van der Waals surface area contributed by atoms with E-state index >= 15 is 0 Å². The molecule has 10 aromatic rings. The van der Waals surface area contributed by atoms with Gasteiger partial charge in [-0.15, -0.1) is 11.3 Å². The lowest BCUT2D eigenvalue weighted by Gasteiger charge is -2.26. The summed E-state index contributed by atoms with van der Waals surface area (Å²) in [5.41, 5.74) is 6.03. The predicted molar refractivity (Wildman–Crippen MR) is 210 cm³/mol. The highest BCUT2D eigenvalue weighted by atomic mass is 32.1. The minimum atomic E-state index is -0.125. The Bertz CT molecular complexity index is 3030. The lowest BCUT2D eigenvalue weighted by molar-refractivity contribution is 0.672. The van der Waals surface area contributed by atoms with Crippen LogP contribution in [0.15, 0.2) is 180 Å². The van der Waals surface area contributed by atoms with E-state index in [2.05, 4.69) is 48.5 Å². The van der Waals surface area contributed by atoms with Gasteiger partial charge < -0.3 is 9.32 Å². The lowest BCUT2D eigenvalue weighted by atomic mass is 10.0. The minimum absolute atomic E-state index is 0.0948. The zero-order valence-electron chi connectivity index (χ0n) is 30.2. The van der Waals surface area contributed by atoms with Crippen molar-refractivity contribution in [2.45, 2.75) is 0 Å². The van der Waals surface area contributed by atoms with Gasteiger partial charge in [0.05, 0.1) is 16.6 Å². The van der Waals surface area contributed by atoms with Gasteiger partial charge in [-0.2, -0.15) is 0 Å². The molecule has 3 heteroatoms. The molecule has 49 heavy (non-hydrogen) atoms. The molecule has 2 nitrogen and oxygen atoms in total. The molecule has 0 radical (unpaired) electrons. The Balaban J connectivity index is 1.21. The number of thiophene rings is 1. The molecule has 0 unspecified atom stereocenters. The summed E-state index contributed by atoms with van der Waals surface area (Å²) in [4.78, 5) is 1.86. The molecule has 8 aromatic carbocycles. The highest BCUT2D eigenvalue weighted by molar-refractivity contribution is 7.25. The Morgan fingerprint density at radius 1 is 0.469 bits per heavy atom. The number of anilines is 3. The summed E-state index contributed by atoms with van der Waals surface area (Å²) in [5, 5.41) is 6.07. The second-order valence-corrected chi connectivity index (χ2v) is 13.3. The standard InChI is InChI=1S/C46H29NOS/c1-2-9-30(10-3-1)31-17-23-35(24-18-31)47(41-14-8-15-42-45(41)40-28-21-33-11-4-5-12-37(33)46(40)48-42)36-25-19-32(20-26-36)34-22-27-39-38-13-6-7-16-43(38)49-44(39)29-34/h1-29H/i19D,20D,25D,26D. The maximum Gasteiger partial charge on any atom is 0.143 e. The number of hydrogen-bond donors (Lipinski definition) is 0. The molecule has 0 aliphatic carbocycles. The van der Waals surface area contributed by atoms with Gasteiger partial charge in [-0.3, -0.25) is 0 Å². The Morgan fingerprint density at radius 2 is 1.16 bits per heavy atom. The van der Waals surface area contributed by atoms with Crippen LogP contribution in [0.1, 0.15) is 5.48 Å². The first kappa shape index (κ1) is 24.1. The highest BCUT2D eigenvalue weighted by Crippen LogP contribution is 2.45. The van der Waals surface area contributed by atoms with Gasteiger partial charge in [0.25, 0.3) is 0 Å². The molecule has 2 heterocycles. The van der Waals surface area contributed by atoms with Crippen LogP contribution in [0.5, 0.6) is 0 Å². The number of benzene rings is 8. The molecule has 0 atom stereocenters. The average molecular weight is 648 g/mol. The number of furan rings is 1. The minimum Gasteiger partial charge on any atom is -0.455 e. The normalized spacial score (nSPS) is 12.8. The van der Waals surface area contributed by atoms with Gasteiger partial charge in [-0.1, -0.05) is 121 Å². The Morgan fingerprint density at radius 3 is 2.02 bits per heavy atom. The van der Waals surface area contributed by atoms with Crippen LogP contribution in [-0.4, -0.2) is 0 Å². The maximum atomic E-state index is 9.57. The highest BCUT2D eigenvalue weighted by Gasteiger charge is 2.20. The summed E-state index contributed by atoms with van der Waals surface area (Å²) in [5.74, 6) is 0. The fourth-order valence-corrected chi connectivity index (χ4v) is 8.13. The van der Waals surface area contributed by atoms with Gasteiger partial charge in [0.15, 0.2) is 0 Å². The van der Waals surface area contributed by atoms with Crippen molar-refractivity contribution in [1.82, 2.24) is 0 Å². The van der Waals surface area contributed by atoms with Gasteiger partial charge in [0.1, 0.15) is 11.2 Å². The van der Waals surface area contributed by atoms with Crippen molar-refractivity contribution >= 4 is 81.3 Å². The maximum absolute atomic E-state index is 9.57. The van der Waals surface area contributed by atoms with Gasteiger partial charge in [-0.25, -0.2) is 0 Å². The molecule has 0 spiro atoms. The third-order valence-electron chi connectivity index (χ3n) is 9.34. The van der Waals surface area contributed by atoms with Crippen LogP contribution in [0.3, 0.4) is 0 Å². The van der Waals surface area contributed by atoms with E-state index < -0.39 is 0 Å². The second kappa shape index (κ2) is 11.2. The Kier molecular flexibility index (Phi) is 5.51. The monoisotopic (exact) mass is 647 g/mol. The Labute approximate surface area is 293 Å². The SMILES string of the molecule is [2H]c1c([2H])c(N(c2ccc(-c3ccccc3)cc2)c2cccc3oc4c5ccccc5ccc4c23)c([2H])c([2H])c1-c1ccc2c(c1)sc1ccccc12. The van der Waals surface area contributed by atoms with Crippen LogP contribution in [-0.2, 0) is 0 Å². The smallest absolute Gasteiger partial charge is 0.143 e. The van der Waals surface area contributed by atoms with Gasteiger partial charge >= 0.3 is 0 Å². The summed E-state index contributed by atoms with van der Waals surface area (Å²) in [7, 11) is 0. The molecule has 2 aromatic heterocycles. The van der Waals surface area contributed by atoms with Gasteiger partial charge in [-0.05, 0) is 82.2 Å². The summed E-state index contributed by atoms with van der Waals surface area (Å²) in [6, 6.07) is 50.0. The van der Waals surface area contributed by atoms with Crippen molar-refractivity contribution in [1.29, 1.82) is 0 Å². The summed E-state index contributed by atoms with van der Waals surface area (Å²) in [6.45, 7) is 0. The zero-order valence-corrected chi connectivity index (χ0v) is 27.0. The first-order valence-corrected chi connectivity index (χ1v) is 17.1. The first-order valence-electron chi connectivity index (χ1n) is 18.3. The van der Waals surface area contributed by atoms with Crippen LogP contribution < -0.4 is 4.90 Å². The van der Waals surface area contributed by atoms with Crippen molar-refractivity contribution in [2.24, 2.45) is 0 Å². The average Bonchev–Trinajstić information content (AvgIpc) is 3.78. The molecule has 230 valence electrons. The molecule has 0 aliphatic heterocycles. The van der Waals surface area contributed by atoms with Crippen molar-refractivity contribution in [3.8, 4) is 22.3 Å². The van der Waals surface area contributed by atoms with Crippen LogP contribution >= 0.6 is 11.3 Å². The topological polar surface area (TPSA) is 16.4 Å². The van der Waals surface area contributed by atoms with Crippen molar-refractivity contribution in [3.63, 3.8) is 0 Å². The molecule has 0 amide bonds. The predicted octanol–water partition coefficient (Wildman–Crippen LogP) is 13.9. The molecule has 0 N–H and O–H groups in total. The molecule has 0 saturated carbocycles. The van der Waals surface area contributed by atoms with E-state index in [0.29, 0.717) is 22.5 Å². The lowest BCUT2D eigenvalue weighted by Crippen LogP contribution is -2.10. The Hall–Kier alpha value is -6.16. The number of fused-ring (bicyclic) bond motifs is 8. The van der Waals surface area contributed by atoms with E-state index in [4.69, 9.17) is 4.42 Å². The van der Waals surface area contributed by atoms with Crippen LogP contribution in [0, 0.1) is 0 Å². The van der Waals surface area contributed by atoms with Crippen molar-refractivity contribution < 1.29 is 9.90 Å². The third kappa shape index (κ3) is 4.62. The molecular weight excluding hydrogens is 615 g/mol. The van der Waals surface area contributed by atoms with E-state index in [0.717, 1.165) is 58.4 Å². The number of rotatable bonds is 5. The van der Waals surface area contributed by atoms with E-state index in [-0.39, 0.29) is 35.4 Å². The second-order valence-electron chi connectivity index (χ2n) is 12.2. The summed E-state index contributed by atoms with van der Waals surface area (Å²) >= 11 is 1.66. The van der Waals surface area contributed by atoms with E-state index in [1.54, 1.807) is 11.3 Å². The van der Waals surface area contributed by atoms with Crippen LogP contribution in [0.2, 0.25) is 0 Å². The molecule has 0 bridgehead atoms. The summed E-state index contributed by atoms with van der Waals surface area (Å²) in [6.07, 6.45) is 0. The van der Waals surface area contributed by atoms with Crippen molar-refractivity contribution in [2.75, 3.05) is 4.90 Å². The first-order chi connectivity index (χ1) is 26.0. The fraction of sp³-hybridized carbons (Fsp3) is 0. The number of nitrogens with zero attached hydrogens (tertiary/aromatic N) is 1. The third-order valence-corrected chi connectivity index (χ3v) is 10.5. The van der Waals surface area contributed by atoms with E-state index in [9.17, 15) is 5.48 Å². The van der Waals surface area contributed by atoms with Gasteiger partial charge in [0.2, 0.25) is 0 Å². The largest absolute Gasteiger partial charge is 0.455 e. The molecular formula is C46H29NOS. The quantitative estimate of drug-likeness (QED) is 0.185. The molecule has 10 rings (SSSR count). The molecule has 0 saturated heterocycles. The molecule has 0 fully saturated rings. The fourth-order valence-electron chi connectivity index (χ4n) is 6.99. The zero-order chi connectivity index (χ0) is 35.8. The molecule has 0 aliphatic rings. The van der Waals surface area contributed by atoms with Crippen LogP contribution in [0.4, 0.5) is 17.1 Å². The van der Waals surface area contributed by atoms with Crippen LogP contribution in [0.25, 0.3) is 75.1 Å². The van der Waals surface area contributed by atoms with Crippen molar-refractivity contribution in [3.05, 3.63) is 176 Å². The van der Waals surface area contributed by atoms with Gasteiger partial charge in [0, 0.05) is 42.3 Å². The van der Waals surface area contributed by atoms with E-state index in [1.807, 2.05) is 108 Å². The van der Waals surface area contributed by atoms with E-state index in [1.165, 1.54) is 0 Å². The number of hydrogen-bond acceptors (Lipinski definition) is 3.